The van der Waals surface area contributed by atoms with Gasteiger partial charge in [-0.25, -0.2) is 4.79 Å². The maximum absolute atomic E-state index is 11.0. The molecule has 0 aliphatic carbocycles. The van der Waals surface area contributed by atoms with Crippen molar-refractivity contribution in [3.05, 3.63) is 29.8 Å². The number of rotatable bonds is 5. The molecule has 1 atom stereocenters. The van der Waals surface area contributed by atoms with Gasteiger partial charge in [-0.1, -0.05) is 12.1 Å². The summed E-state index contributed by atoms with van der Waals surface area (Å²) < 4.78 is 14.9. The van der Waals surface area contributed by atoms with Crippen LogP contribution in [0.1, 0.15) is 11.7 Å². The Labute approximate surface area is 101 Å². The Balaban J connectivity index is 2.68. The normalized spacial score (nSPS) is 11.7. The van der Waals surface area contributed by atoms with E-state index in [0.29, 0.717) is 6.54 Å². The monoisotopic (exact) mass is 239 g/mol. The number of carbonyl (C=O) groups excluding carboxylic acids is 1. The minimum absolute atomic E-state index is 0.232. The van der Waals surface area contributed by atoms with Gasteiger partial charge in [0.05, 0.1) is 26.9 Å². The van der Waals surface area contributed by atoms with Crippen molar-refractivity contribution < 1.29 is 19.0 Å². The summed E-state index contributed by atoms with van der Waals surface area (Å²) in [6.07, 6.45) is -0.709. The highest BCUT2D eigenvalue weighted by Crippen LogP contribution is 2.20. The number of alkyl carbamates (subject to hydrolysis) is 1. The average Bonchev–Trinajstić information content (AvgIpc) is 2.39. The lowest BCUT2D eigenvalue weighted by molar-refractivity contribution is 0.0980. The number of hydrogen-bond acceptors (Lipinski definition) is 4. The number of hydrogen-bond donors (Lipinski definition) is 1. The van der Waals surface area contributed by atoms with E-state index in [1.165, 1.54) is 7.11 Å². The third kappa shape index (κ3) is 3.96. The molecule has 5 heteroatoms. The topological polar surface area (TPSA) is 56.8 Å². The maximum Gasteiger partial charge on any atom is 0.406 e. The van der Waals surface area contributed by atoms with Crippen LogP contribution in [0, 0.1) is 0 Å². The van der Waals surface area contributed by atoms with E-state index in [4.69, 9.17) is 9.47 Å². The van der Waals surface area contributed by atoms with Gasteiger partial charge in [-0.3, -0.25) is 0 Å². The molecule has 0 radical (unpaired) electrons. The molecule has 0 spiro atoms. The van der Waals surface area contributed by atoms with Gasteiger partial charge < -0.3 is 19.5 Å². The zero-order valence-electron chi connectivity index (χ0n) is 10.2. The fraction of sp³-hybridized carbons (Fsp3) is 0.417. The molecule has 0 heterocycles. The lowest BCUT2D eigenvalue weighted by Gasteiger charge is -2.16. The molecule has 0 saturated carbocycles. The van der Waals surface area contributed by atoms with Crippen LogP contribution >= 0.6 is 0 Å². The number of nitrogens with one attached hydrogen (secondary N) is 1. The van der Waals surface area contributed by atoms with Gasteiger partial charge in [0.2, 0.25) is 0 Å². The molecule has 17 heavy (non-hydrogen) atoms. The van der Waals surface area contributed by atoms with Crippen molar-refractivity contribution in [3.63, 3.8) is 0 Å². The molecule has 0 unspecified atom stereocenters. The maximum atomic E-state index is 11.0. The average molecular weight is 239 g/mol. The minimum atomic E-state index is -0.477. The molecule has 0 aliphatic rings. The zero-order valence-corrected chi connectivity index (χ0v) is 10.2. The van der Waals surface area contributed by atoms with Gasteiger partial charge in [0.15, 0.2) is 0 Å². The second-order valence-corrected chi connectivity index (χ2v) is 3.37. The largest absolute Gasteiger partial charge is 0.497 e. The van der Waals surface area contributed by atoms with Gasteiger partial charge >= 0.3 is 6.09 Å². The second-order valence-electron chi connectivity index (χ2n) is 3.37. The molecule has 0 fully saturated rings. The molecule has 94 valence electrons. The highest BCUT2D eigenvalue weighted by atomic mass is 16.5. The van der Waals surface area contributed by atoms with Crippen molar-refractivity contribution >= 4 is 6.09 Å². The number of methoxy groups -OCH3 is 3. The molecule has 1 aromatic carbocycles. The van der Waals surface area contributed by atoms with Crippen molar-refractivity contribution in [2.24, 2.45) is 0 Å². The Morgan fingerprint density at radius 1 is 1.35 bits per heavy atom. The third-order valence-electron chi connectivity index (χ3n) is 2.37. The van der Waals surface area contributed by atoms with E-state index in [9.17, 15) is 4.79 Å². The predicted molar refractivity (Wildman–Crippen MR) is 63.2 cm³/mol. The Morgan fingerprint density at radius 2 is 2.12 bits per heavy atom. The molecular weight excluding hydrogens is 222 g/mol. The van der Waals surface area contributed by atoms with Gasteiger partial charge in [-0.15, -0.1) is 0 Å². The fourth-order valence-electron chi connectivity index (χ4n) is 1.43. The van der Waals surface area contributed by atoms with E-state index in [1.807, 2.05) is 24.3 Å². The Bertz CT molecular complexity index is 367. The Morgan fingerprint density at radius 3 is 2.71 bits per heavy atom. The number of carbonyl (C=O) groups is 1. The first-order valence-corrected chi connectivity index (χ1v) is 5.19. The van der Waals surface area contributed by atoms with E-state index >= 15 is 0 Å². The van der Waals surface area contributed by atoms with Crippen LogP contribution in [-0.4, -0.2) is 34.0 Å². The predicted octanol–water partition coefficient (Wildman–Crippen LogP) is 1.74. The molecule has 0 aliphatic heterocycles. The molecule has 1 rings (SSSR count). The lowest BCUT2D eigenvalue weighted by atomic mass is 10.1. The molecule has 1 amide bonds. The van der Waals surface area contributed by atoms with Gasteiger partial charge in [0, 0.05) is 7.11 Å². The minimum Gasteiger partial charge on any atom is -0.497 e. The number of benzene rings is 1. The van der Waals surface area contributed by atoms with Crippen molar-refractivity contribution in [2.45, 2.75) is 6.10 Å². The molecule has 0 bridgehead atoms. The first-order chi connectivity index (χ1) is 8.21. The summed E-state index contributed by atoms with van der Waals surface area (Å²) in [6, 6.07) is 7.51. The van der Waals surface area contributed by atoms with Crippen LogP contribution in [0.2, 0.25) is 0 Å². The van der Waals surface area contributed by atoms with Gasteiger partial charge in [-0.2, -0.15) is 0 Å². The molecule has 0 saturated heterocycles. The van der Waals surface area contributed by atoms with Crippen LogP contribution < -0.4 is 10.1 Å². The highest BCUT2D eigenvalue weighted by molar-refractivity contribution is 5.66. The third-order valence-corrected chi connectivity index (χ3v) is 2.37. The summed E-state index contributed by atoms with van der Waals surface area (Å²) >= 11 is 0. The van der Waals surface area contributed by atoms with Crippen molar-refractivity contribution in [1.82, 2.24) is 5.32 Å². The summed E-state index contributed by atoms with van der Waals surface area (Å²) in [5.74, 6) is 0.752. The van der Waals surface area contributed by atoms with Crippen LogP contribution in [0.3, 0.4) is 0 Å². The number of ether oxygens (including phenoxy) is 3. The standard InChI is InChI=1S/C12H17NO4/c1-15-10-6-4-5-9(7-10)11(16-2)8-13-12(14)17-3/h4-7,11H,8H2,1-3H3,(H,13,14)/t11-/m1/s1. The van der Waals surface area contributed by atoms with E-state index in [0.717, 1.165) is 11.3 Å². The van der Waals surface area contributed by atoms with E-state index in [-0.39, 0.29) is 6.10 Å². The first kappa shape index (κ1) is 13.3. The van der Waals surface area contributed by atoms with Crippen LogP contribution in [0.25, 0.3) is 0 Å². The van der Waals surface area contributed by atoms with Gasteiger partial charge in [0.25, 0.3) is 0 Å². The lowest BCUT2D eigenvalue weighted by Crippen LogP contribution is -2.28. The second kappa shape index (κ2) is 6.75. The number of amides is 1. The van der Waals surface area contributed by atoms with Crippen LogP contribution in [-0.2, 0) is 9.47 Å². The summed E-state index contributed by atoms with van der Waals surface area (Å²) in [6.45, 7) is 0.344. The fourth-order valence-corrected chi connectivity index (χ4v) is 1.43. The molecule has 5 nitrogen and oxygen atoms in total. The van der Waals surface area contributed by atoms with Crippen molar-refractivity contribution in [2.75, 3.05) is 27.9 Å². The highest BCUT2D eigenvalue weighted by Gasteiger charge is 2.12. The Hall–Kier alpha value is -1.75. The molecular formula is C12H17NO4. The molecule has 1 N–H and O–H groups in total. The summed E-state index contributed by atoms with van der Waals surface area (Å²) in [5, 5.41) is 2.59. The van der Waals surface area contributed by atoms with E-state index in [2.05, 4.69) is 10.1 Å². The van der Waals surface area contributed by atoms with Crippen molar-refractivity contribution in [3.8, 4) is 5.75 Å². The van der Waals surface area contributed by atoms with E-state index in [1.54, 1.807) is 14.2 Å². The van der Waals surface area contributed by atoms with Gasteiger partial charge in [-0.05, 0) is 17.7 Å². The summed E-state index contributed by atoms with van der Waals surface area (Å²) in [4.78, 5) is 11.0. The van der Waals surface area contributed by atoms with Crippen molar-refractivity contribution in [1.29, 1.82) is 0 Å². The SMILES string of the molecule is COC(=O)NC[C@@H](OC)c1cccc(OC)c1. The Kier molecular flexibility index (Phi) is 5.29. The summed E-state index contributed by atoms with van der Waals surface area (Å²) in [7, 11) is 4.51. The molecule has 1 aromatic rings. The van der Waals surface area contributed by atoms with E-state index < -0.39 is 6.09 Å². The molecule has 0 aromatic heterocycles. The van der Waals surface area contributed by atoms with Crippen LogP contribution in [0.15, 0.2) is 24.3 Å². The summed E-state index contributed by atoms with van der Waals surface area (Å²) in [5.41, 5.74) is 0.934. The van der Waals surface area contributed by atoms with Crippen LogP contribution in [0.4, 0.5) is 4.79 Å². The zero-order chi connectivity index (χ0) is 12.7. The van der Waals surface area contributed by atoms with Gasteiger partial charge in [0.1, 0.15) is 5.75 Å². The van der Waals surface area contributed by atoms with Crippen LogP contribution in [0.5, 0.6) is 5.75 Å². The smallest absolute Gasteiger partial charge is 0.406 e. The first-order valence-electron chi connectivity index (χ1n) is 5.19. The quantitative estimate of drug-likeness (QED) is 0.850.